The van der Waals surface area contributed by atoms with Crippen molar-refractivity contribution in [1.29, 1.82) is 0 Å². The lowest BCUT2D eigenvalue weighted by atomic mass is 10.0. The molecule has 5 nitrogen and oxygen atoms in total. The summed E-state index contributed by atoms with van der Waals surface area (Å²) in [4.78, 5) is 10.9. The molecular weight excluding hydrogens is 272 g/mol. The summed E-state index contributed by atoms with van der Waals surface area (Å²) >= 11 is 0. The smallest absolute Gasteiger partial charge is 0.335 e. The molecule has 3 rings (SSSR count). The number of fused-ring (bicyclic) bond motifs is 1. The summed E-state index contributed by atoms with van der Waals surface area (Å²) in [7, 11) is 0. The molecule has 1 aliphatic rings. The van der Waals surface area contributed by atoms with Gasteiger partial charge < -0.3 is 19.7 Å². The second-order valence-electron chi connectivity index (χ2n) is 4.75. The van der Waals surface area contributed by atoms with E-state index >= 15 is 0 Å². The zero-order valence-corrected chi connectivity index (χ0v) is 11.2. The number of benzene rings is 2. The molecule has 0 saturated carbocycles. The van der Waals surface area contributed by atoms with Crippen molar-refractivity contribution in [3.05, 3.63) is 42.0 Å². The van der Waals surface area contributed by atoms with Gasteiger partial charge in [0.25, 0.3) is 0 Å². The van der Waals surface area contributed by atoms with Crippen LogP contribution in [0.4, 0.5) is 0 Å². The maximum atomic E-state index is 10.9. The largest absolute Gasteiger partial charge is 0.507 e. The van der Waals surface area contributed by atoms with Gasteiger partial charge in [-0.2, -0.15) is 0 Å². The number of hydrogen-bond acceptors (Lipinski definition) is 4. The Labute approximate surface area is 121 Å². The maximum absolute atomic E-state index is 10.9. The summed E-state index contributed by atoms with van der Waals surface area (Å²) in [5.41, 5.74) is 1.34. The van der Waals surface area contributed by atoms with Gasteiger partial charge in [-0.1, -0.05) is 6.07 Å². The minimum Gasteiger partial charge on any atom is -0.507 e. The number of carboxylic acid groups (broad SMARTS) is 1. The number of carbonyl (C=O) groups is 1. The van der Waals surface area contributed by atoms with Crippen LogP contribution in [-0.4, -0.2) is 29.4 Å². The van der Waals surface area contributed by atoms with Crippen molar-refractivity contribution < 1.29 is 24.5 Å². The van der Waals surface area contributed by atoms with E-state index in [2.05, 4.69) is 0 Å². The third-order valence-electron chi connectivity index (χ3n) is 3.30. The number of phenolic OH excluding ortho intramolecular Hbond substituents is 1. The number of carboxylic acids is 1. The Morgan fingerprint density at radius 3 is 2.48 bits per heavy atom. The summed E-state index contributed by atoms with van der Waals surface area (Å²) in [6.07, 6.45) is 0.822. The van der Waals surface area contributed by atoms with E-state index in [-0.39, 0.29) is 11.3 Å². The summed E-state index contributed by atoms with van der Waals surface area (Å²) in [6.45, 7) is 1.20. The van der Waals surface area contributed by atoms with Crippen molar-refractivity contribution in [2.24, 2.45) is 0 Å². The molecule has 0 unspecified atom stereocenters. The fourth-order valence-corrected chi connectivity index (χ4v) is 2.24. The Balaban J connectivity index is 2.01. The van der Waals surface area contributed by atoms with Crippen LogP contribution in [0.1, 0.15) is 16.8 Å². The van der Waals surface area contributed by atoms with Crippen LogP contribution in [0.25, 0.3) is 11.1 Å². The van der Waals surface area contributed by atoms with E-state index in [1.165, 1.54) is 12.1 Å². The van der Waals surface area contributed by atoms with Crippen molar-refractivity contribution in [2.75, 3.05) is 13.2 Å². The van der Waals surface area contributed by atoms with E-state index in [1.54, 1.807) is 18.2 Å². The molecule has 0 saturated heterocycles. The molecule has 0 amide bonds. The summed E-state index contributed by atoms with van der Waals surface area (Å²) in [5.74, 6) is 0.157. The summed E-state index contributed by atoms with van der Waals surface area (Å²) < 4.78 is 11.2. The highest BCUT2D eigenvalue weighted by Crippen LogP contribution is 2.37. The number of hydrogen-bond donors (Lipinski definition) is 2. The molecule has 2 aromatic carbocycles. The first kappa shape index (κ1) is 13.3. The molecule has 1 aliphatic heterocycles. The Morgan fingerprint density at radius 2 is 1.76 bits per heavy atom. The topological polar surface area (TPSA) is 76.0 Å². The highest BCUT2D eigenvalue weighted by Gasteiger charge is 2.14. The highest BCUT2D eigenvalue weighted by molar-refractivity contribution is 5.89. The van der Waals surface area contributed by atoms with Crippen molar-refractivity contribution in [2.45, 2.75) is 6.42 Å². The molecule has 0 aromatic heterocycles. The van der Waals surface area contributed by atoms with E-state index in [0.29, 0.717) is 30.3 Å². The van der Waals surface area contributed by atoms with Crippen molar-refractivity contribution in [3.8, 4) is 28.4 Å². The fraction of sp³-hybridized carbons (Fsp3) is 0.188. The van der Waals surface area contributed by atoms with Gasteiger partial charge in [-0.15, -0.1) is 0 Å². The van der Waals surface area contributed by atoms with Crippen LogP contribution in [0.5, 0.6) is 17.2 Å². The van der Waals surface area contributed by atoms with Crippen LogP contribution in [0.3, 0.4) is 0 Å². The van der Waals surface area contributed by atoms with Gasteiger partial charge in [0, 0.05) is 12.0 Å². The number of rotatable bonds is 2. The van der Waals surface area contributed by atoms with Gasteiger partial charge in [-0.05, 0) is 35.9 Å². The number of aromatic hydroxyl groups is 1. The van der Waals surface area contributed by atoms with E-state index < -0.39 is 5.97 Å². The van der Waals surface area contributed by atoms with Crippen LogP contribution in [0.2, 0.25) is 0 Å². The average Bonchev–Trinajstić information content (AvgIpc) is 2.71. The van der Waals surface area contributed by atoms with Gasteiger partial charge in [0.2, 0.25) is 0 Å². The second-order valence-corrected chi connectivity index (χ2v) is 4.75. The number of phenols is 1. The first-order valence-electron chi connectivity index (χ1n) is 6.61. The van der Waals surface area contributed by atoms with Gasteiger partial charge in [0.1, 0.15) is 5.75 Å². The fourth-order valence-electron chi connectivity index (χ4n) is 2.24. The number of aromatic carboxylic acids is 1. The predicted octanol–water partition coefficient (Wildman–Crippen LogP) is 2.92. The standard InChI is InChI=1S/C16H14O5/c17-13-8-11(16(18)19)2-4-12(13)10-3-5-14-15(9-10)21-7-1-6-20-14/h2-5,8-9,17H,1,6-7H2,(H,18,19). The molecule has 0 atom stereocenters. The molecule has 0 spiro atoms. The Bertz CT molecular complexity index is 693. The Kier molecular flexibility index (Phi) is 3.39. The molecule has 5 heteroatoms. The van der Waals surface area contributed by atoms with Crippen molar-refractivity contribution in [3.63, 3.8) is 0 Å². The maximum Gasteiger partial charge on any atom is 0.335 e. The molecule has 0 bridgehead atoms. The summed E-state index contributed by atoms with van der Waals surface area (Å²) in [5, 5.41) is 18.9. The van der Waals surface area contributed by atoms with Crippen LogP contribution >= 0.6 is 0 Å². The van der Waals surface area contributed by atoms with Crippen molar-refractivity contribution >= 4 is 5.97 Å². The van der Waals surface area contributed by atoms with Gasteiger partial charge >= 0.3 is 5.97 Å². The van der Waals surface area contributed by atoms with Crippen LogP contribution < -0.4 is 9.47 Å². The molecule has 0 radical (unpaired) electrons. The van der Waals surface area contributed by atoms with E-state index in [9.17, 15) is 9.90 Å². The zero-order valence-electron chi connectivity index (χ0n) is 11.2. The first-order valence-corrected chi connectivity index (χ1v) is 6.61. The molecule has 0 fully saturated rings. The van der Waals surface area contributed by atoms with Gasteiger partial charge in [0.05, 0.1) is 18.8 Å². The molecule has 2 N–H and O–H groups in total. The Morgan fingerprint density at radius 1 is 1.00 bits per heavy atom. The third-order valence-corrected chi connectivity index (χ3v) is 3.30. The molecule has 21 heavy (non-hydrogen) atoms. The zero-order chi connectivity index (χ0) is 14.8. The van der Waals surface area contributed by atoms with E-state index in [0.717, 1.165) is 12.0 Å². The lowest BCUT2D eigenvalue weighted by Gasteiger charge is -2.11. The summed E-state index contributed by atoms with van der Waals surface area (Å²) in [6, 6.07) is 9.67. The van der Waals surface area contributed by atoms with Gasteiger partial charge in [-0.3, -0.25) is 0 Å². The quantitative estimate of drug-likeness (QED) is 0.887. The average molecular weight is 286 g/mol. The SMILES string of the molecule is O=C(O)c1ccc(-c2ccc3c(c2)OCCCO3)c(O)c1. The van der Waals surface area contributed by atoms with Gasteiger partial charge in [0.15, 0.2) is 11.5 Å². The van der Waals surface area contributed by atoms with E-state index in [1.807, 2.05) is 6.07 Å². The van der Waals surface area contributed by atoms with Crippen LogP contribution in [0.15, 0.2) is 36.4 Å². The first-order chi connectivity index (χ1) is 10.1. The monoisotopic (exact) mass is 286 g/mol. The minimum atomic E-state index is -1.07. The predicted molar refractivity (Wildman–Crippen MR) is 76.1 cm³/mol. The van der Waals surface area contributed by atoms with E-state index in [4.69, 9.17) is 14.6 Å². The molecular formula is C16H14O5. The second kappa shape index (κ2) is 5.36. The molecule has 0 aliphatic carbocycles. The molecule has 2 aromatic rings. The van der Waals surface area contributed by atoms with Gasteiger partial charge in [-0.25, -0.2) is 4.79 Å². The third kappa shape index (κ3) is 2.63. The highest BCUT2D eigenvalue weighted by atomic mass is 16.5. The lowest BCUT2D eigenvalue weighted by molar-refractivity contribution is 0.0696. The minimum absolute atomic E-state index is 0.0468. The molecule has 108 valence electrons. The normalized spacial score (nSPS) is 13.5. The van der Waals surface area contributed by atoms with Crippen LogP contribution in [0, 0.1) is 0 Å². The lowest BCUT2D eigenvalue weighted by Crippen LogP contribution is -1.97. The Hall–Kier alpha value is -2.69. The van der Waals surface area contributed by atoms with Crippen LogP contribution in [-0.2, 0) is 0 Å². The number of ether oxygens (including phenoxy) is 2. The molecule has 1 heterocycles. The van der Waals surface area contributed by atoms with Crippen molar-refractivity contribution in [1.82, 2.24) is 0 Å².